The second-order valence-electron chi connectivity index (χ2n) is 8.10. The molecule has 3 N–H and O–H groups in total. The van der Waals surface area contributed by atoms with Gasteiger partial charge in [0.25, 0.3) is 5.91 Å². The number of nitrogens with zero attached hydrogens (tertiary/aromatic N) is 1. The lowest BCUT2D eigenvalue weighted by Crippen LogP contribution is -2.38. The van der Waals surface area contributed by atoms with Crippen molar-refractivity contribution in [3.05, 3.63) is 65.0 Å². The Balaban J connectivity index is 0.00000385. The van der Waals surface area contributed by atoms with E-state index in [0.717, 1.165) is 11.1 Å². The molecule has 0 saturated heterocycles. The van der Waals surface area contributed by atoms with Crippen LogP contribution in [0.25, 0.3) is 0 Å². The zero-order chi connectivity index (χ0) is 22.9. The highest BCUT2D eigenvalue weighted by atomic mass is 127. The first kappa shape index (κ1) is 26.9. The topological polar surface area (TPSA) is 74.8 Å². The molecule has 6 nitrogen and oxygen atoms in total. The number of hydrogen-bond donors (Lipinski definition) is 3. The number of aliphatic imine (C=N–C) groups is 1. The molecule has 1 unspecified atom stereocenters. The first-order valence-electron chi connectivity index (χ1n) is 11.3. The summed E-state index contributed by atoms with van der Waals surface area (Å²) in [5, 5.41) is 9.20. The third kappa shape index (κ3) is 8.49. The van der Waals surface area contributed by atoms with Gasteiger partial charge in [-0.3, -0.25) is 9.79 Å². The predicted molar refractivity (Wildman–Crippen MR) is 141 cm³/mol. The monoisotopic (exact) mass is 568 g/mol. The van der Waals surface area contributed by atoms with Crippen molar-refractivity contribution in [3.8, 4) is 5.75 Å². The van der Waals surface area contributed by atoms with E-state index in [2.05, 4.69) is 20.9 Å². The van der Waals surface area contributed by atoms with E-state index in [9.17, 15) is 9.18 Å². The maximum Gasteiger partial charge on any atom is 0.251 e. The molecule has 2 aromatic rings. The number of hydrogen-bond acceptors (Lipinski definition) is 3. The van der Waals surface area contributed by atoms with Crippen LogP contribution < -0.4 is 20.7 Å². The van der Waals surface area contributed by atoms with Crippen molar-refractivity contribution in [3.63, 3.8) is 0 Å². The molecule has 0 heterocycles. The lowest BCUT2D eigenvalue weighted by atomic mass is 10.1. The Morgan fingerprint density at radius 3 is 2.70 bits per heavy atom. The molecule has 0 radical (unpaired) electrons. The minimum Gasteiger partial charge on any atom is -0.490 e. The van der Waals surface area contributed by atoms with Gasteiger partial charge in [-0.05, 0) is 74.4 Å². The predicted octanol–water partition coefficient (Wildman–Crippen LogP) is 4.45. The van der Waals surface area contributed by atoms with Gasteiger partial charge in [-0.25, -0.2) is 4.39 Å². The van der Waals surface area contributed by atoms with Crippen LogP contribution in [-0.2, 0) is 6.42 Å². The maximum absolute atomic E-state index is 14.4. The third-order valence-electron chi connectivity index (χ3n) is 5.41. The van der Waals surface area contributed by atoms with Crippen molar-refractivity contribution in [2.24, 2.45) is 10.9 Å². The fourth-order valence-electron chi connectivity index (χ4n) is 3.31. The van der Waals surface area contributed by atoms with Crippen molar-refractivity contribution in [1.82, 2.24) is 16.0 Å². The molecule has 1 fully saturated rings. The first-order valence-corrected chi connectivity index (χ1v) is 11.3. The Bertz CT molecular complexity index is 950. The smallest absolute Gasteiger partial charge is 0.251 e. The molecule has 0 bridgehead atoms. The summed E-state index contributed by atoms with van der Waals surface area (Å²) in [6.07, 6.45) is 3.05. The van der Waals surface area contributed by atoms with Crippen LogP contribution in [0.3, 0.4) is 0 Å². The van der Waals surface area contributed by atoms with Gasteiger partial charge in [-0.1, -0.05) is 18.2 Å². The summed E-state index contributed by atoms with van der Waals surface area (Å²) in [6, 6.07) is 12.5. The molecule has 0 aliphatic heterocycles. The minimum absolute atomic E-state index is 0. The number of ether oxygens (including phenoxy) is 1. The number of carbonyl (C=O) groups excluding carboxylic acids is 1. The highest BCUT2D eigenvalue weighted by molar-refractivity contribution is 14.0. The molecule has 1 aliphatic rings. The van der Waals surface area contributed by atoms with Crippen LogP contribution >= 0.6 is 24.0 Å². The van der Waals surface area contributed by atoms with Crippen molar-refractivity contribution in [2.75, 3.05) is 26.7 Å². The number of carbonyl (C=O) groups is 1. The van der Waals surface area contributed by atoms with Gasteiger partial charge in [0, 0.05) is 25.7 Å². The van der Waals surface area contributed by atoms with E-state index < -0.39 is 0 Å². The van der Waals surface area contributed by atoms with E-state index in [1.807, 2.05) is 38.1 Å². The van der Waals surface area contributed by atoms with Crippen molar-refractivity contribution in [2.45, 2.75) is 39.2 Å². The Labute approximate surface area is 212 Å². The zero-order valence-corrected chi connectivity index (χ0v) is 21.8. The second-order valence-corrected chi connectivity index (χ2v) is 8.10. The minimum atomic E-state index is -0.338. The molecule has 2 aromatic carbocycles. The molecular formula is C25H34FIN4O2. The quantitative estimate of drug-likeness (QED) is 0.225. The van der Waals surface area contributed by atoms with Gasteiger partial charge in [0.15, 0.2) is 17.5 Å². The Morgan fingerprint density at radius 2 is 2.03 bits per heavy atom. The molecule has 1 amide bonds. The third-order valence-corrected chi connectivity index (χ3v) is 5.41. The largest absolute Gasteiger partial charge is 0.490 e. The molecular weight excluding hydrogens is 534 g/mol. The first-order chi connectivity index (χ1) is 15.5. The summed E-state index contributed by atoms with van der Waals surface area (Å²) < 4.78 is 20.0. The highest BCUT2D eigenvalue weighted by Crippen LogP contribution is 2.30. The molecule has 1 saturated carbocycles. The Hall–Kier alpha value is -2.36. The summed E-state index contributed by atoms with van der Waals surface area (Å²) in [6.45, 7) is 5.83. The van der Waals surface area contributed by atoms with Crippen LogP contribution in [0.1, 0.15) is 54.2 Å². The van der Waals surface area contributed by atoms with Crippen LogP contribution in [0, 0.1) is 11.7 Å². The summed E-state index contributed by atoms with van der Waals surface area (Å²) in [5.41, 5.74) is 2.51. The molecule has 180 valence electrons. The van der Waals surface area contributed by atoms with Crippen LogP contribution in [0.15, 0.2) is 47.5 Å². The molecule has 33 heavy (non-hydrogen) atoms. The summed E-state index contributed by atoms with van der Waals surface area (Å²) >= 11 is 0. The number of halogens is 2. The number of nitrogens with one attached hydrogen (secondary N) is 3. The van der Waals surface area contributed by atoms with Crippen LogP contribution in [0.2, 0.25) is 0 Å². The normalized spacial score (nSPS) is 14.1. The van der Waals surface area contributed by atoms with Gasteiger partial charge in [0.05, 0.1) is 12.6 Å². The molecule has 8 heteroatoms. The number of amides is 1. The number of benzene rings is 2. The highest BCUT2D eigenvalue weighted by Gasteiger charge is 2.22. The van der Waals surface area contributed by atoms with Crippen molar-refractivity contribution in [1.29, 1.82) is 0 Å². The van der Waals surface area contributed by atoms with Gasteiger partial charge in [0.1, 0.15) is 0 Å². The van der Waals surface area contributed by atoms with Crippen molar-refractivity contribution < 1.29 is 13.9 Å². The lowest BCUT2D eigenvalue weighted by Gasteiger charge is -2.19. The summed E-state index contributed by atoms with van der Waals surface area (Å²) in [7, 11) is 1.62. The summed E-state index contributed by atoms with van der Waals surface area (Å²) in [4.78, 5) is 16.4. The maximum atomic E-state index is 14.4. The average Bonchev–Trinajstić information content (AvgIpc) is 3.62. The molecule has 0 aromatic heterocycles. The van der Waals surface area contributed by atoms with E-state index in [-0.39, 0.29) is 41.7 Å². The summed E-state index contributed by atoms with van der Waals surface area (Å²) in [5.74, 6) is 1.12. The zero-order valence-electron chi connectivity index (χ0n) is 19.5. The lowest BCUT2D eigenvalue weighted by molar-refractivity contribution is 0.0963. The Kier molecular flexibility index (Phi) is 10.9. The SMILES string of the molecule is CCNC(=NCCc1cccc(C(=O)NC)c1)NC(C)c1ccc(OCC2CC2)c(F)c1.I. The van der Waals surface area contributed by atoms with E-state index in [1.165, 1.54) is 18.9 Å². The van der Waals surface area contributed by atoms with Gasteiger partial charge >= 0.3 is 0 Å². The fourth-order valence-corrected chi connectivity index (χ4v) is 3.31. The Morgan fingerprint density at radius 1 is 1.24 bits per heavy atom. The van der Waals surface area contributed by atoms with Gasteiger partial charge in [-0.2, -0.15) is 0 Å². The average molecular weight is 568 g/mol. The van der Waals surface area contributed by atoms with Crippen LogP contribution in [0.5, 0.6) is 5.75 Å². The van der Waals surface area contributed by atoms with Gasteiger partial charge in [-0.15, -0.1) is 24.0 Å². The molecule has 1 aliphatic carbocycles. The fraction of sp³-hybridized carbons (Fsp3) is 0.440. The van der Waals surface area contributed by atoms with Crippen LogP contribution in [-0.4, -0.2) is 38.6 Å². The standard InChI is InChI=1S/C25H33FN4O2.HI/c1-4-28-25(29-13-12-18-6-5-7-21(14-18)24(31)27-3)30-17(2)20-10-11-23(22(26)15-20)32-16-19-8-9-19;/h5-7,10-11,14-15,17,19H,4,8-9,12-13,16H2,1-3H3,(H,27,31)(H2,28,29,30);1H. The van der Waals surface area contributed by atoms with Gasteiger partial charge in [0.2, 0.25) is 0 Å². The van der Waals surface area contributed by atoms with E-state index in [0.29, 0.717) is 49.3 Å². The molecule has 3 rings (SSSR count). The van der Waals surface area contributed by atoms with E-state index >= 15 is 0 Å². The van der Waals surface area contributed by atoms with Crippen LogP contribution in [0.4, 0.5) is 4.39 Å². The second kappa shape index (κ2) is 13.4. The van der Waals surface area contributed by atoms with Gasteiger partial charge < -0.3 is 20.7 Å². The number of rotatable bonds is 10. The van der Waals surface area contributed by atoms with E-state index in [4.69, 9.17) is 4.74 Å². The van der Waals surface area contributed by atoms with E-state index in [1.54, 1.807) is 19.2 Å². The molecule has 1 atom stereocenters. The van der Waals surface area contributed by atoms with Crippen molar-refractivity contribution >= 4 is 35.8 Å². The molecule has 0 spiro atoms. The number of guanidine groups is 1.